The summed E-state index contributed by atoms with van der Waals surface area (Å²) in [5.41, 5.74) is 0. The highest BCUT2D eigenvalue weighted by molar-refractivity contribution is 5.71. The summed E-state index contributed by atoms with van der Waals surface area (Å²) in [4.78, 5) is 38.1. The van der Waals surface area contributed by atoms with E-state index in [1.807, 2.05) is 0 Å². The van der Waals surface area contributed by atoms with Gasteiger partial charge in [-0.15, -0.1) is 0 Å². The first-order valence-corrected chi connectivity index (χ1v) is 28.2. The molecule has 0 saturated heterocycles. The van der Waals surface area contributed by atoms with Crippen molar-refractivity contribution in [2.75, 3.05) is 13.2 Å². The Labute approximate surface area is 393 Å². The van der Waals surface area contributed by atoms with Crippen molar-refractivity contribution in [3.8, 4) is 0 Å². The number of ether oxygens (including phenoxy) is 3. The number of hydrogen-bond donors (Lipinski definition) is 0. The zero-order chi connectivity index (χ0) is 46.1. The van der Waals surface area contributed by atoms with Gasteiger partial charge in [-0.2, -0.15) is 0 Å². The van der Waals surface area contributed by atoms with Gasteiger partial charge in [-0.05, 0) is 31.1 Å². The van der Waals surface area contributed by atoms with Crippen LogP contribution in [0.5, 0.6) is 0 Å². The molecule has 0 aliphatic carbocycles. The molecule has 0 bridgehead atoms. The van der Waals surface area contributed by atoms with Gasteiger partial charge >= 0.3 is 17.9 Å². The zero-order valence-electron chi connectivity index (χ0n) is 43.2. The second-order valence-corrected chi connectivity index (χ2v) is 20.5. The Hall–Kier alpha value is -1.59. The van der Waals surface area contributed by atoms with Crippen molar-refractivity contribution in [2.24, 2.45) is 11.8 Å². The summed E-state index contributed by atoms with van der Waals surface area (Å²) in [6.07, 6.45) is 52.3. The number of esters is 3. The van der Waals surface area contributed by atoms with E-state index >= 15 is 0 Å². The maximum atomic E-state index is 12.8. The molecule has 0 aliphatic rings. The van der Waals surface area contributed by atoms with E-state index in [1.165, 1.54) is 205 Å². The van der Waals surface area contributed by atoms with Crippen LogP contribution in [-0.2, 0) is 28.6 Å². The normalized spacial score (nSPS) is 12.0. The Bertz CT molecular complexity index is 962. The monoisotopic (exact) mass is 891 g/mol. The Kier molecular flexibility index (Phi) is 48.6. The van der Waals surface area contributed by atoms with E-state index in [0.29, 0.717) is 19.3 Å². The third kappa shape index (κ3) is 51.3. The Morgan fingerprint density at radius 1 is 0.302 bits per heavy atom. The van der Waals surface area contributed by atoms with Gasteiger partial charge in [0, 0.05) is 19.3 Å². The maximum Gasteiger partial charge on any atom is 0.306 e. The van der Waals surface area contributed by atoms with E-state index in [9.17, 15) is 14.4 Å². The first kappa shape index (κ1) is 61.4. The summed E-state index contributed by atoms with van der Waals surface area (Å²) < 4.78 is 16.9. The molecule has 0 unspecified atom stereocenters. The van der Waals surface area contributed by atoms with Gasteiger partial charge in [0.05, 0.1) is 0 Å². The number of carbonyl (C=O) groups excluding carboxylic acids is 3. The summed E-state index contributed by atoms with van der Waals surface area (Å²) in [6, 6.07) is 0. The van der Waals surface area contributed by atoms with Gasteiger partial charge in [-0.3, -0.25) is 14.4 Å². The second-order valence-electron chi connectivity index (χ2n) is 20.5. The van der Waals surface area contributed by atoms with Crippen molar-refractivity contribution in [2.45, 2.75) is 323 Å². The van der Waals surface area contributed by atoms with Crippen LogP contribution in [0.1, 0.15) is 317 Å². The highest BCUT2D eigenvalue weighted by Gasteiger charge is 2.19. The van der Waals surface area contributed by atoms with Crippen LogP contribution in [0.3, 0.4) is 0 Å². The average molecular weight is 892 g/mol. The van der Waals surface area contributed by atoms with Gasteiger partial charge in [-0.25, -0.2) is 0 Å². The fourth-order valence-electron chi connectivity index (χ4n) is 8.70. The Morgan fingerprint density at radius 2 is 0.524 bits per heavy atom. The van der Waals surface area contributed by atoms with E-state index in [2.05, 4.69) is 34.6 Å². The fourth-order valence-corrected chi connectivity index (χ4v) is 8.70. The quantitative estimate of drug-likeness (QED) is 0.0344. The SMILES string of the molecule is CCCCCCCCCCCCCCCC(=O)OC[C@H](COC(=O)CCCCCCCCCCCCC(C)C)OC(=O)CCCCCCCCCCCCCCCCCCC(C)C. The molecule has 0 rings (SSSR count). The first-order chi connectivity index (χ1) is 30.7. The summed E-state index contributed by atoms with van der Waals surface area (Å²) in [7, 11) is 0. The van der Waals surface area contributed by atoms with Crippen molar-refractivity contribution < 1.29 is 28.6 Å². The molecule has 0 aromatic carbocycles. The third-order valence-corrected chi connectivity index (χ3v) is 13.0. The molecule has 63 heavy (non-hydrogen) atoms. The molecule has 0 aromatic heterocycles. The molecule has 0 N–H and O–H groups in total. The Balaban J connectivity index is 4.28. The van der Waals surface area contributed by atoms with E-state index in [1.54, 1.807) is 0 Å². The van der Waals surface area contributed by atoms with Crippen LogP contribution in [-0.4, -0.2) is 37.2 Å². The predicted octanol–water partition coefficient (Wildman–Crippen LogP) is 18.5. The van der Waals surface area contributed by atoms with E-state index in [4.69, 9.17) is 14.2 Å². The van der Waals surface area contributed by atoms with Gasteiger partial charge in [0.25, 0.3) is 0 Å². The van der Waals surface area contributed by atoms with Crippen LogP contribution in [0.4, 0.5) is 0 Å². The molecule has 0 fully saturated rings. The van der Waals surface area contributed by atoms with Gasteiger partial charge in [0.15, 0.2) is 6.10 Å². The number of rotatable bonds is 51. The topological polar surface area (TPSA) is 78.9 Å². The second kappa shape index (κ2) is 49.8. The summed E-state index contributed by atoms with van der Waals surface area (Å²) in [6.45, 7) is 11.4. The van der Waals surface area contributed by atoms with Crippen LogP contribution in [0.2, 0.25) is 0 Å². The summed E-state index contributed by atoms with van der Waals surface area (Å²) >= 11 is 0. The van der Waals surface area contributed by atoms with Crippen LogP contribution in [0, 0.1) is 11.8 Å². The molecule has 6 nitrogen and oxygen atoms in total. The third-order valence-electron chi connectivity index (χ3n) is 13.0. The molecule has 0 heterocycles. The smallest absolute Gasteiger partial charge is 0.306 e. The molecular weight excluding hydrogens is 781 g/mol. The lowest BCUT2D eigenvalue weighted by Crippen LogP contribution is -2.30. The maximum absolute atomic E-state index is 12.8. The molecule has 374 valence electrons. The summed E-state index contributed by atoms with van der Waals surface area (Å²) in [5.74, 6) is 0.829. The summed E-state index contributed by atoms with van der Waals surface area (Å²) in [5, 5.41) is 0. The van der Waals surface area contributed by atoms with E-state index < -0.39 is 6.10 Å². The van der Waals surface area contributed by atoms with Crippen LogP contribution >= 0.6 is 0 Å². The number of carbonyl (C=O) groups is 3. The lowest BCUT2D eigenvalue weighted by atomic mass is 10.0. The highest BCUT2D eigenvalue weighted by atomic mass is 16.6. The largest absolute Gasteiger partial charge is 0.462 e. The minimum atomic E-state index is -0.762. The highest BCUT2D eigenvalue weighted by Crippen LogP contribution is 2.18. The molecule has 0 amide bonds. The zero-order valence-corrected chi connectivity index (χ0v) is 43.2. The molecular formula is C57H110O6. The van der Waals surface area contributed by atoms with Crippen molar-refractivity contribution in [1.29, 1.82) is 0 Å². The first-order valence-electron chi connectivity index (χ1n) is 28.2. The van der Waals surface area contributed by atoms with Gasteiger partial charge < -0.3 is 14.2 Å². The molecule has 0 aliphatic heterocycles. The van der Waals surface area contributed by atoms with Crippen molar-refractivity contribution in [3.05, 3.63) is 0 Å². The van der Waals surface area contributed by atoms with E-state index in [-0.39, 0.29) is 31.1 Å². The van der Waals surface area contributed by atoms with Gasteiger partial charge in [0.1, 0.15) is 13.2 Å². The average Bonchev–Trinajstić information content (AvgIpc) is 3.25. The minimum absolute atomic E-state index is 0.0629. The van der Waals surface area contributed by atoms with Gasteiger partial charge in [-0.1, -0.05) is 279 Å². The molecule has 0 radical (unpaired) electrons. The van der Waals surface area contributed by atoms with Crippen LogP contribution in [0.25, 0.3) is 0 Å². The lowest BCUT2D eigenvalue weighted by Gasteiger charge is -2.18. The molecule has 0 saturated carbocycles. The minimum Gasteiger partial charge on any atom is -0.462 e. The van der Waals surface area contributed by atoms with Crippen molar-refractivity contribution in [3.63, 3.8) is 0 Å². The molecule has 0 aromatic rings. The molecule has 6 heteroatoms. The number of unbranched alkanes of at least 4 members (excludes halogenated alkanes) is 36. The lowest BCUT2D eigenvalue weighted by molar-refractivity contribution is -0.167. The standard InChI is InChI=1S/C57H110O6/c1-6-7-8-9-10-11-12-17-21-27-32-37-42-47-55(58)61-50-54(51-62-56(59)48-43-38-33-28-24-23-26-31-36-41-46-53(4)5)63-57(60)49-44-39-34-29-22-19-16-14-13-15-18-20-25-30-35-40-45-52(2)3/h52-54H,6-51H2,1-5H3/t54-/m1/s1. The van der Waals surface area contributed by atoms with Crippen molar-refractivity contribution >= 4 is 17.9 Å². The molecule has 0 spiro atoms. The predicted molar refractivity (Wildman–Crippen MR) is 270 cm³/mol. The van der Waals surface area contributed by atoms with Gasteiger partial charge in [0.2, 0.25) is 0 Å². The van der Waals surface area contributed by atoms with E-state index in [0.717, 1.165) is 69.6 Å². The Morgan fingerprint density at radius 3 is 0.778 bits per heavy atom. The fraction of sp³-hybridized carbons (Fsp3) is 0.947. The van der Waals surface area contributed by atoms with Crippen molar-refractivity contribution in [1.82, 2.24) is 0 Å². The molecule has 1 atom stereocenters. The van der Waals surface area contributed by atoms with Crippen LogP contribution < -0.4 is 0 Å². The van der Waals surface area contributed by atoms with Crippen LogP contribution in [0.15, 0.2) is 0 Å². The number of hydrogen-bond acceptors (Lipinski definition) is 6.